The molecule has 7 nitrogen and oxygen atoms in total. The minimum atomic E-state index is -3.69. The normalized spacial score (nSPS) is 11.6. The molecule has 0 spiro atoms. The zero-order valence-corrected chi connectivity index (χ0v) is 17.4. The maximum atomic E-state index is 14.0. The summed E-state index contributed by atoms with van der Waals surface area (Å²) in [5.74, 6) is -1.43. The Morgan fingerprint density at radius 1 is 1.00 bits per heavy atom. The molecule has 0 unspecified atom stereocenters. The number of sulfonamides is 1. The van der Waals surface area contributed by atoms with E-state index in [9.17, 15) is 22.0 Å². The Labute approximate surface area is 182 Å². The molecule has 1 aromatic heterocycles. The number of rotatable bonds is 7. The average Bonchev–Trinajstić information content (AvgIpc) is 3.19. The number of aromatic nitrogens is 2. The standard InChI is InChI=1S/C22H18F2N4O3S/c23-14-6-8-18(24)17(12-14)22-27-19-9-7-15(13-20(19)28-22)26-21(29)10-11-25-32(30,31)16-4-2-1-3-5-16/h1-9,12-13,25H,10-11H2,(H,26,29)(H,27,28). The van der Waals surface area contributed by atoms with Crippen molar-refractivity contribution < 1.29 is 22.0 Å². The Kier molecular flexibility index (Phi) is 5.97. The molecule has 32 heavy (non-hydrogen) atoms. The molecule has 4 aromatic rings. The minimum absolute atomic E-state index is 0.00233. The number of nitrogens with zero attached hydrogens (tertiary/aromatic N) is 1. The van der Waals surface area contributed by atoms with E-state index < -0.39 is 27.6 Å². The lowest BCUT2D eigenvalue weighted by molar-refractivity contribution is -0.116. The van der Waals surface area contributed by atoms with Gasteiger partial charge in [-0.15, -0.1) is 0 Å². The van der Waals surface area contributed by atoms with Gasteiger partial charge < -0.3 is 10.3 Å². The third kappa shape index (κ3) is 4.82. The summed E-state index contributed by atoms with van der Waals surface area (Å²) in [5.41, 5.74) is 1.48. The summed E-state index contributed by atoms with van der Waals surface area (Å²) in [5, 5.41) is 2.67. The van der Waals surface area contributed by atoms with Gasteiger partial charge in [0.15, 0.2) is 0 Å². The van der Waals surface area contributed by atoms with E-state index >= 15 is 0 Å². The number of nitrogens with one attached hydrogen (secondary N) is 3. The molecular formula is C22H18F2N4O3S. The Morgan fingerprint density at radius 3 is 2.56 bits per heavy atom. The number of halogens is 2. The highest BCUT2D eigenvalue weighted by Gasteiger charge is 2.14. The van der Waals surface area contributed by atoms with Crippen LogP contribution in [0.25, 0.3) is 22.4 Å². The van der Waals surface area contributed by atoms with Gasteiger partial charge in [0.25, 0.3) is 0 Å². The van der Waals surface area contributed by atoms with Gasteiger partial charge in [0, 0.05) is 18.7 Å². The van der Waals surface area contributed by atoms with Crippen LogP contribution in [0.3, 0.4) is 0 Å². The fourth-order valence-corrected chi connectivity index (χ4v) is 4.15. The first-order chi connectivity index (χ1) is 15.3. The maximum Gasteiger partial charge on any atom is 0.240 e. The molecule has 164 valence electrons. The highest BCUT2D eigenvalue weighted by atomic mass is 32.2. The van der Waals surface area contributed by atoms with Crippen LogP contribution in [-0.4, -0.2) is 30.8 Å². The number of carbonyl (C=O) groups is 1. The molecule has 0 aliphatic carbocycles. The Balaban J connectivity index is 1.41. The molecule has 0 aliphatic rings. The molecule has 0 saturated carbocycles. The van der Waals surface area contributed by atoms with Crippen molar-refractivity contribution in [1.82, 2.24) is 14.7 Å². The predicted octanol–water partition coefficient (Wildman–Crippen LogP) is 3.82. The number of imidazole rings is 1. The molecule has 3 aromatic carbocycles. The van der Waals surface area contributed by atoms with Gasteiger partial charge in [-0.05, 0) is 48.5 Å². The van der Waals surface area contributed by atoms with Gasteiger partial charge in [-0.2, -0.15) is 0 Å². The largest absolute Gasteiger partial charge is 0.338 e. The average molecular weight is 456 g/mol. The van der Waals surface area contributed by atoms with Gasteiger partial charge in [-0.25, -0.2) is 26.9 Å². The van der Waals surface area contributed by atoms with Gasteiger partial charge in [-0.1, -0.05) is 18.2 Å². The summed E-state index contributed by atoms with van der Waals surface area (Å²) in [6, 6.07) is 15.8. The molecule has 10 heteroatoms. The number of anilines is 1. The third-order valence-electron chi connectivity index (χ3n) is 4.65. The number of carbonyl (C=O) groups excluding carboxylic acids is 1. The second kappa shape index (κ2) is 8.85. The molecule has 1 amide bonds. The van der Waals surface area contributed by atoms with Crippen LogP contribution in [0, 0.1) is 11.6 Å². The molecule has 0 radical (unpaired) electrons. The van der Waals surface area contributed by atoms with Gasteiger partial charge in [-0.3, -0.25) is 4.79 Å². The predicted molar refractivity (Wildman–Crippen MR) is 116 cm³/mol. The summed E-state index contributed by atoms with van der Waals surface area (Å²) in [4.78, 5) is 19.5. The first-order valence-electron chi connectivity index (χ1n) is 9.61. The number of fused-ring (bicyclic) bond motifs is 1. The highest BCUT2D eigenvalue weighted by Crippen LogP contribution is 2.25. The number of aromatic amines is 1. The highest BCUT2D eigenvalue weighted by molar-refractivity contribution is 7.89. The Morgan fingerprint density at radius 2 is 1.78 bits per heavy atom. The number of benzene rings is 3. The van der Waals surface area contributed by atoms with E-state index in [0.29, 0.717) is 16.7 Å². The van der Waals surface area contributed by atoms with Crippen molar-refractivity contribution in [2.75, 3.05) is 11.9 Å². The summed E-state index contributed by atoms with van der Waals surface area (Å²) in [6.45, 7) is -0.0711. The van der Waals surface area contributed by atoms with Crippen LogP contribution >= 0.6 is 0 Å². The van der Waals surface area contributed by atoms with E-state index in [1.165, 1.54) is 12.1 Å². The van der Waals surface area contributed by atoms with Crippen molar-refractivity contribution in [3.8, 4) is 11.4 Å². The fourth-order valence-electron chi connectivity index (χ4n) is 3.10. The number of hydrogen-bond donors (Lipinski definition) is 3. The van der Waals surface area contributed by atoms with E-state index in [4.69, 9.17) is 0 Å². The summed E-state index contributed by atoms with van der Waals surface area (Å²) in [6.07, 6.45) is -0.0766. The zero-order chi connectivity index (χ0) is 22.7. The molecule has 0 aliphatic heterocycles. The van der Waals surface area contributed by atoms with Crippen molar-refractivity contribution in [1.29, 1.82) is 0 Å². The maximum absolute atomic E-state index is 14.0. The Bertz CT molecular complexity index is 1390. The quantitative estimate of drug-likeness (QED) is 0.393. The molecule has 0 fully saturated rings. The topological polar surface area (TPSA) is 104 Å². The van der Waals surface area contributed by atoms with Crippen molar-refractivity contribution in [3.63, 3.8) is 0 Å². The van der Waals surface area contributed by atoms with Crippen molar-refractivity contribution in [3.05, 3.63) is 78.4 Å². The van der Waals surface area contributed by atoms with Crippen molar-refractivity contribution in [2.24, 2.45) is 0 Å². The zero-order valence-electron chi connectivity index (χ0n) is 16.6. The van der Waals surface area contributed by atoms with Crippen LogP contribution in [0.2, 0.25) is 0 Å². The van der Waals surface area contributed by atoms with Gasteiger partial charge in [0.2, 0.25) is 15.9 Å². The van der Waals surface area contributed by atoms with Crippen LogP contribution in [0.1, 0.15) is 6.42 Å². The van der Waals surface area contributed by atoms with Crippen LogP contribution < -0.4 is 10.0 Å². The van der Waals surface area contributed by atoms with E-state index in [1.807, 2.05) is 0 Å². The SMILES string of the molecule is O=C(CCNS(=O)(=O)c1ccccc1)Nc1ccc2nc(-c3cc(F)ccc3F)[nH]c2c1. The molecule has 0 saturated heterocycles. The molecule has 0 bridgehead atoms. The van der Waals surface area contributed by atoms with Gasteiger partial charge in [0.05, 0.1) is 21.5 Å². The van der Waals surface area contributed by atoms with E-state index in [1.54, 1.807) is 36.4 Å². The summed E-state index contributed by atoms with van der Waals surface area (Å²) < 4.78 is 54.2. The number of amides is 1. The Hall–Kier alpha value is -3.63. The van der Waals surface area contributed by atoms with Gasteiger partial charge >= 0.3 is 0 Å². The molecular weight excluding hydrogens is 438 g/mol. The van der Waals surface area contributed by atoms with E-state index in [0.717, 1.165) is 18.2 Å². The van der Waals surface area contributed by atoms with Crippen molar-refractivity contribution >= 4 is 32.7 Å². The lowest BCUT2D eigenvalue weighted by Gasteiger charge is -2.07. The van der Waals surface area contributed by atoms with E-state index in [-0.39, 0.29) is 29.2 Å². The van der Waals surface area contributed by atoms with Crippen LogP contribution in [0.15, 0.2) is 71.6 Å². The van der Waals surface area contributed by atoms with Crippen LogP contribution in [0.4, 0.5) is 14.5 Å². The molecule has 4 rings (SSSR count). The first kappa shape index (κ1) is 21.6. The number of hydrogen-bond acceptors (Lipinski definition) is 4. The second-order valence-corrected chi connectivity index (χ2v) is 8.72. The lowest BCUT2D eigenvalue weighted by atomic mass is 10.2. The molecule has 3 N–H and O–H groups in total. The monoisotopic (exact) mass is 456 g/mol. The second-order valence-electron chi connectivity index (χ2n) is 6.95. The van der Waals surface area contributed by atoms with Gasteiger partial charge in [0.1, 0.15) is 17.5 Å². The van der Waals surface area contributed by atoms with Crippen LogP contribution in [0.5, 0.6) is 0 Å². The first-order valence-corrected chi connectivity index (χ1v) is 11.1. The van der Waals surface area contributed by atoms with E-state index in [2.05, 4.69) is 20.0 Å². The minimum Gasteiger partial charge on any atom is -0.338 e. The molecule has 1 heterocycles. The fraction of sp³-hybridized carbons (Fsp3) is 0.0909. The lowest BCUT2D eigenvalue weighted by Crippen LogP contribution is -2.27. The van der Waals surface area contributed by atoms with Crippen molar-refractivity contribution in [2.45, 2.75) is 11.3 Å². The summed E-state index contributed by atoms with van der Waals surface area (Å²) >= 11 is 0. The third-order valence-corrected chi connectivity index (χ3v) is 6.12. The smallest absolute Gasteiger partial charge is 0.240 e. The molecule has 0 atom stereocenters. The summed E-state index contributed by atoms with van der Waals surface area (Å²) in [7, 11) is -3.69. The number of H-pyrrole nitrogens is 1. The van der Waals surface area contributed by atoms with Crippen LogP contribution in [-0.2, 0) is 14.8 Å².